The van der Waals surface area contributed by atoms with Gasteiger partial charge in [0, 0.05) is 26.1 Å². The molecule has 22 heavy (non-hydrogen) atoms. The molecule has 114 valence electrons. The number of hydrogen-bond acceptors (Lipinski definition) is 2. The summed E-state index contributed by atoms with van der Waals surface area (Å²) in [6, 6.07) is 16.8. The molecule has 0 aromatic heterocycles. The van der Waals surface area contributed by atoms with Crippen LogP contribution in [0.2, 0.25) is 0 Å². The number of amides is 1. The Balaban J connectivity index is 1.78. The minimum absolute atomic E-state index is 0.0135. The molecule has 0 bridgehead atoms. The van der Waals surface area contributed by atoms with Crippen molar-refractivity contribution in [1.82, 2.24) is 4.90 Å². The van der Waals surface area contributed by atoms with Crippen LogP contribution < -0.4 is 5.73 Å². The Bertz CT molecular complexity index is 666. The van der Waals surface area contributed by atoms with Crippen LogP contribution in [0.4, 0.5) is 0 Å². The van der Waals surface area contributed by atoms with E-state index in [0.29, 0.717) is 6.54 Å². The van der Waals surface area contributed by atoms with Gasteiger partial charge in [-0.05, 0) is 35.1 Å². The lowest BCUT2D eigenvalue weighted by atomic mass is 9.93. The van der Waals surface area contributed by atoms with Gasteiger partial charge < -0.3 is 10.6 Å². The Morgan fingerprint density at radius 3 is 2.68 bits per heavy atom. The molecule has 1 aliphatic heterocycles. The molecule has 0 radical (unpaired) electrons. The summed E-state index contributed by atoms with van der Waals surface area (Å²) in [7, 11) is 0. The SMILES string of the molecule is CC(=O)N1CCc2ccc(C(N)Cc3ccccc3)cc2C1. The Kier molecular flexibility index (Phi) is 4.25. The van der Waals surface area contributed by atoms with Gasteiger partial charge in [0.1, 0.15) is 0 Å². The number of hydrogen-bond donors (Lipinski definition) is 1. The van der Waals surface area contributed by atoms with Crippen LogP contribution in [0.5, 0.6) is 0 Å². The number of fused-ring (bicyclic) bond motifs is 1. The average Bonchev–Trinajstić information content (AvgIpc) is 2.54. The van der Waals surface area contributed by atoms with Crippen molar-refractivity contribution in [2.75, 3.05) is 6.54 Å². The molecule has 3 heteroatoms. The summed E-state index contributed by atoms with van der Waals surface area (Å²) in [6.45, 7) is 3.16. The third-order valence-electron chi connectivity index (χ3n) is 4.41. The van der Waals surface area contributed by atoms with Gasteiger partial charge in [-0.2, -0.15) is 0 Å². The first-order chi connectivity index (χ1) is 10.6. The van der Waals surface area contributed by atoms with Gasteiger partial charge in [-0.25, -0.2) is 0 Å². The number of rotatable bonds is 3. The van der Waals surface area contributed by atoms with E-state index in [0.717, 1.165) is 24.9 Å². The van der Waals surface area contributed by atoms with Crippen molar-refractivity contribution in [1.29, 1.82) is 0 Å². The van der Waals surface area contributed by atoms with E-state index in [4.69, 9.17) is 5.73 Å². The predicted octanol–water partition coefficient (Wildman–Crippen LogP) is 2.83. The summed E-state index contributed by atoms with van der Waals surface area (Å²) in [4.78, 5) is 13.5. The van der Waals surface area contributed by atoms with E-state index in [2.05, 4.69) is 30.3 Å². The molecule has 1 heterocycles. The zero-order valence-corrected chi connectivity index (χ0v) is 13.0. The molecular weight excluding hydrogens is 272 g/mol. The van der Waals surface area contributed by atoms with E-state index in [9.17, 15) is 4.79 Å². The van der Waals surface area contributed by atoms with E-state index >= 15 is 0 Å². The van der Waals surface area contributed by atoms with Crippen molar-refractivity contribution >= 4 is 5.91 Å². The molecule has 0 saturated heterocycles. The van der Waals surface area contributed by atoms with Crippen molar-refractivity contribution in [2.45, 2.75) is 32.4 Å². The summed E-state index contributed by atoms with van der Waals surface area (Å²) < 4.78 is 0. The lowest BCUT2D eigenvalue weighted by Crippen LogP contribution is -2.34. The maximum atomic E-state index is 11.6. The number of carbonyl (C=O) groups is 1. The highest BCUT2D eigenvalue weighted by atomic mass is 16.2. The van der Waals surface area contributed by atoms with Crippen LogP contribution in [0.25, 0.3) is 0 Å². The van der Waals surface area contributed by atoms with Gasteiger partial charge in [0.2, 0.25) is 5.91 Å². The third kappa shape index (κ3) is 3.20. The molecule has 2 aromatic carbocycles. The number of nitrogens with two attached hydrogens (primary N) is 1. The number of benzene rings is 2. The standard InChI is InChI=1S/C19H22N2O/c1-14(22)21-10-9-16-7-8-17(12-18(16)13-21)19(20)11-15-5-3-2-4-6-15/h2-8,12,19H,9-11,13,20H2,1H3. The van der Waals surface area contributed by atoms with Gasteiger partial charge in [-0.15, -0.1) is 0 Å². The van der Waals surface area contributed by atoms with Gasteiger partial charge in [0.15, 0.2) is 0 Å². The molecule has 3 nitrogen and oxygen atoms in total. The van der Waals surface area contributed by atoms with Crippen LogP contribution in [0.3, 0.4) is 0 Å². The van der Waals surface area contributed by atoms with E-state index in [-0.39, 0.29) is 11.9 Å². The van der Waals surface area contributed by atoms with Crippen molar-refractivity contribution in [3.05, 3.63) is 70.8 Å². The van der Waals surface area contributed by atoms with Crippen LogP contribution >= 0.6 is 0 Å². The van der Waals surface area contributed by atoms with Crippen LogP contribution in [-0.2, 0) is 24.2 Å². The Morgan fingerprint density at radius 2 is 1.95 bits per heavy atom. The average molecular weight is 294 g/mol. The Morgan fingerprint density at radius 1 is 1.18 bits per heavy atom. The lowest BCUT2D eigenvalue weighted by Gasteiger charge is -2.28. The van der Waals surface area contributed by atoms with E-state index < -0.39 is 0 Å². The van der Waals surface area contributed by atoms with Gasteiger partial charge in [0.25, 0.3) is 0 Å². The van der Waals surface area contributed by atoms with Crippen molar-refractivity contribution in [3.63, 3.8) is 0 Å². The summed E-state index contributed by atoms with van der Waals surface area (Å²) in [6.07, 6.45) is 1.76. The first-order valence-corrected chi connectivity index (χ1v) is 7.80. The topological polar surface area (TPSA) is 46.3 Å². The Labute approximate surface area is 131 Å². The zero-order valence-electron chi connectivity index (χ0n) is 13.0. The van der Waals surface area contributed by atoms with Crippen LogP contribution in [0.15, 0.2) is 48.5 Å². The second kappa shape index (κ2) is 6.32. The fourth-order valence-corrected chi connectivity index (χ4v) is 3.06. The highest BCUT2D eigenvalue weighted by Gasteiger charge is 2.19. The highest BCUT2D eigenvalue weighted by Crippen LogP contribution is 2.24. The fraction of sp³-hybridized carbons (Fsp3) is 0.316. The van der Waals surface area contributed by atoms with Gasteiger partial charge in [-0.3, -0.25) is 4.79 Å². The molecule has 1 aliphatic rings. The van der Waals surface area contributed by atoms with Crippen LogP contribution in [0.1, 0.15) is 35.2 Å². The first-order valence-electron chi connectivity index (χ1n) is 7.80. The molecular formula is C19H22N2O. The van der Waals surface area contributed by atoms with Crippen molar-refractivity contribution in [2.24, 2.45) is 5.73 Å². The second-order valence-corrected chi connectivity index (χ2v) is 6.01. The van der Waals surface area contributed by atoms with Crippen molar-refractivity contribution < 1.29 is 4.79 Å². The van der Waals surface area contributed by atoms with Crippen LogP contribution in [0, 0.1) is 0 Å². The van der Waals surface area contributed by atoms with E-state index in [1.54, 1.807) is 6.92 Å². The zero-order chi connectivity index (χ0) is 15.5. The molecule has 2 N–H and O–H groups in total. The molecule has 1 atom stereocenters. The minimum atomic E-state index is -0.0135. The first kappa shape index (κ1) is 14.8. The molecule has 0 aliphatic carbocycles. The number of carbonyl (C=O) groups excluding carboxylic acids is 1. The number of nitrogens with zero attached hydrogens (tertiary/aromatic N) is 1. The summed E-state index contributed by atoms with van der Waals surface area (Å²) >= 11 is 0. The second-order valence-electron chi connectivity index (χ2n) is 6.01. The summed E-state index contributed by atoms with van der Waals surface area (Å²) in [5, 5.41) is 0. The van der Waals surface area contributed by atoms with Crippen molar-refractivity contribution in [3.8, 4) is 0 Å². The molecule has 0 fully saturated rings. The summed E-state index contributed by atoms with van der Waals surface area (Å²) in [5.41, 5.74) is 11.3. The lowest BCUT2D eigenvalue weighted by molar-refractivity contribution is -0.129. The van der Waals surface area contributed by atoms with Gasteiger partial charge >= 0.3 is 0 Å². The summed E-state index contributed by atoms with van der Waals surface area (Å²) in [5.74, 6) is 0.143. The molecule has 1 amide bonds. The smallest absolute Gasteiger partial charge is 0.219 e. The molecule has 0 spiro atoms. The largest absolute Gasteiger partial charge is 0.338 e. The third-order valence-corrected chi connectivity index (χ3v) is 4.41. The maximum absolute atomic E-state index is 11.6. The fourth-order valence-electron chi connectivity index (χ4n) is 3.06. The molecule has 1 unspecified atom stereocenters. The van der Waals surface area contributed by atoms with Crippen LogP contribution in [-0.4, -0.2) is 17.4 Å². The normalized spacial score (nSPS) is 15.3. The minimum Gasteiger partial charge on any atom is -0.338 e. The molecule has 2 aromatic rings. The quantitative estimate of drug-likeness (QED) is 0.946. The van der Waals surface area contributed by atoms with Gasteiger partial charge in [0.05, 0.1) is 0 Å². The predicted molar refractivity (Wildman–Crippen MR) is 88.3 cm³/mol. The van der Waals surface area contributed by atoms with Gasteiger partial charge in [-0.1, -0.05) is 48.5 Å². The highest BCUT2D eigenvalue weighted by molar-refractivity contribution is 5.73. The maximum Gasteiger partial charge on any atom is 0.219 e. The van der Waals surface area contributed by atoms with E-state index in [1.807, 2.05) is 23.1 Å². The molecule has 3 rings (SSSR count). The van der Waals surface area contributed by atoms with E-state index in [1.165, 1.54) is 16.7 Å². The molecule has 0 saturated carbocycles. The monoisotopic (exact) mass is 294 g/mol. The Hall–Kier alpha value is -2.13.